The van der Waals surface area contributed by atoms with Crippen LogP contribution in [0, 0.1) is 0 Å². The van der Waals surface area contributed by atoms with Crippen molar-refractivity contribution < 1.29 is 9.53 Å². The summed E-state index contributed by atoms with van der Waals surface area (Å²) >= 11 is 0. The van der Waals surface area contributed by atoms with Crippen LogP contribution in [0.15, 0.2) is 24.3 Å². The van der Waals surface area contributed by atoms with Crippen LogP contribution in [0.25, 0.3) is 0 Å². The monoisotopic (exact) mass is 262 g/mol. The number of hydrogen-bond donors (Lipinski definition) is 2. The van der Waals surface area contributed by atoms with Gasteiger partial charge in [0.05, 0.1) is 18.6 Å². The topological polar surface area (TPSA) is 50.4 Å². The largest absolute Gasteiger partial charge is 0.384 e. The van der Waals surface area contributed by atoms with Crippen molar-refractivity contribution in [3.05, 3.63) is 29.8 Å². The predicted molar refractivity (Wildman–Crippen MR) is 76.4 cm³/mol. The third-order valence-corrected chi connectivity index (χ3v) is 3.50. The highest BCUT2D eigenvalue weighted by molar-refractivity contribution is 5.88. The fourth-order valence-electron chi connectivity index (χ4n) is 2.57. The van der Waals surface area contributed by atoms with Gasteiger partial charge in [0.25, 0.3) is 0 Å². The van der Waals surface area contributed by atoms with Crippen LogP contribution in [-0.4, -0.2) is 32.2 Å². The minimum atomic E-state index is -0.0904. The molecule has 0 radical (unpaired) electrons. The number of benzene rings is 1. The Bertz CT molecular complexity index is 428. The van der Waals surface area contributed by atoms with Crippen molar-refractivity contribution in [1.82, 2.24) is 5.32 Å². The molecule has 1 amide bonds. The van der Waals surface area contributed by atoms with Crippen LogP contribution in [0.4, 0.5) is 5.69 Å². The van der Waals surface area contributed by atoms with Gasteiger partial charge in [0, 0.05) is 19.3 Å². The summed E-state index contributed by atoms with van der Waals surface area (Å²) in [4.78, 5) is 12.4. The van der Waals surface area contributed by atoms with E-state index < -0.39 is 0 Å². The molecule has 0 saturated carbocycles. The predicted octanol–water partition coefficient (Wildman–Crippen LogP) is 2.13. The Balaban J connectivity index is 2.01. The molecule has 0 bridgehead atoms. The summed E-state index contributed by atoms with van der Waals surface area (Å²) in [6.45, 7) is 3.36. The SMILES string of the molecule is CCCC(COC)NC(=O)C1CNc2ccccc21. The molecule has 1 aliphatic heterocycles. The standard InChI is InChI=1S/C15H22N2O2/c1-3-6-11(10-19-2)17-15(18)13-9-16-14-8-5-4-7-12(13)14/h4-5,7-8,11,13,16H,3,6,9-10H2,1-2H3,(H,17,18). The maximum absolute atomic E-state index is 12.4. The number of hydrogen-bond acceptors (Lipinski definition) is 3. The summed E-state index contributed by atoms with van der Waals surface area (Å²) in [5, 5.41) is 6.37. The van der Waals surface area contributed by atoms with Gasteiger partial charge in [-0.15, -0.1) is 0 Å². The average Bonchev–Trinajstić information content (AvgIpc) is 2.83. The highest BCUT2D eigenvalue weighted by Crippen LogP contribution is 2.31. The second kappa shape index (κ2) is 6.57. The van der Waals surface area contributed by atoms with Crippen molar-refractivity contribution in [3.63, 3.8) is 0 Å². The van der Waals surface area contributed by atoms with Gasteiger partial charge >= 0.3 is 0 Å². The van der Waals surface area contributed by atoms with Crippen molar-refractivity contribution in [2.75, 3.05) is 25.6 Å². The Kier molecular flexibility index (Phi) is 4.80. The lowest BCUT2D eigenvalue weighted by molar-refractivity contribution is -0.123. The number of carbonyl (C=O) groups is 1. The van der Waals surface area contributed by atoms with Crippen LogP contribution in [0.5, 0.6) is 0 Å². The molecule has 2 rings (SSSR count). The molecule has 1 aliphatic rings. The third kappa shape index (κ3) is 3.26. The molecular weight excluding hydrogens is 240 g/mol. The zero-order chi connectivity index (χ0) is 13.7. The molecule has 0 spiro atoms. The maximum atomic E-state index is 12.4. The van der Waals surface area contributed by atoms with Gasteiger partial charge in [-0.3, -0.25) is 4.79 Å². The Morgan fingerprint density at radius 3 is 3.05 bits per heavy atom. The fraction of sp³-hybridized carbons (Fsp3) is 0.533. The molecular formula is C15H22N2O2. The number of nitrogens with one attached hydrogen (secondary N) is 2. The van der Waals surface area contributed by atoms with E-state index in [1.54, 1.807) is 7.11 Å². The van der Waals surface area contributed by atoms with Crippen molar-refractivity contribution in [3.8, 4) is 0 Å². The van der Waals surface area contributed by atoms with Gasteiger partial charge in [0.1, 0.15) is 0 Å². The summed E-state index contributed by atoms with van der Waals surface area (Å²) in [6, 6.07) is 8.10. The van der Waals surface area contributed by atoms with Crippen molar-refractivity contribution in [1.29, 1.82) is 0 Å². The van der Waals surface area contributed by atoms with E-state index in [9.17, 15) is 4.79 Å². The van der Waals surface area contributed by atoms with Gasteiger partial charge in [-0.1, -0.05) is 31.5 Å². The van der Waals surface area contributed by atoms with E-state index in [2.05, 4.69) is 17.6 Å². The van der Waals surface area contributed by atoms with Crippen LogP contribution in [0.1, 0.15) is 31.2 Å². The highest BCUT2D eigenvalue weighted by Gasteiger charge is 2.29. The first kappa shape index (κ1) is 13.9. The molecule has 4 heteroatoms. The van der Waals surface area contributed by atoms with Gasteiger partial charge in [-0.25, -0.2) is 0 Å². The maximum Gasteiger partial charge on any atom is 0.229 e. The first-order valence-corrected chi connectivity index (χ1v) is 6.88. The number of anilines is 1. The molecule has 0 fully saturated rings. The van der Waals surface area contributed by atoms with Gasteiger partial charge in [-0.2, -0.15) is 0 Å². The lowest BCUT2D eigenvalue weighted by Crippen LogP contribution is -2.41. The van der Waals surface area contributed by atoms with Crippen LogP contribution in [-0.2, 0) is 9.53 Å². The van der Waals surface area contributed by atoms with Crippen LogP contribution < -0.4 is 10.6 Å². The molecule has 2 atom stereocenters. The van der Waals surface area contributed by atoms with Gasteiger partial charge in [0.15, 0.2) is 0 Å². The lowest BCUT2D eigenvalue weighted by Gasteiger charge is -2.19. The molecule has 1 aromatic carbocycles. The van der Waals surface area contributed by atoms with Crippen LogP contribution in [0.2, 0.25) is 0 Å². The number of methoxy groups -OCH3 is 1. The highest BCUT2D eigenvalue weighted by atomic mass is 16.5. The fourth-order valence-corrected chi connectivity index (χ4v) is 2.57. The van der Waals surface area contributed by atoms with E-state index >= 15 is 0 Å². The summed E-state index contributed by atoms with van der Waals surface area (Å²) in [5.41, 5.74) is 2.16. The zero-order valence-electron chi connectivity index (χ0n) is 11.6. The first-order chi connectivity index (χ1) is 9.26. The number of amides is 1. The summed E-state index contributed by atoms with van der Waals surface area (Å²) < 4.78 is 5.16. The molecule has 4 nitrogen and oxygen atoms in total. The van der Waals surface area contributed by atoms with E-state index in [4.69, 9.17) is 4.74 Å². The molecule has 1 aromatic rings. The molecule has 2 unspecified atom stereocenters. The van der Waals surface area contributed by atoms with Gasteiger partial charge < -0.3 is 15.4 Å². The summed E-state index contributed by atoms with van der Waals surface area (Å²) in [5.74, 6) is 0.000335. The first-order valence-electron chi connectivity index (χ1n) is 6.88. The molecule has 2 N–H and O–H groups in total. The van der Waals surface area contributed by atoms with Gasteiger partial charge in [-0.05, 0) is 18.1 Å². The number of para-hydroxylation sites is 1. The van der Waals surface area contributed by atoms with E-state index in [0.717, 1.165) is 24.1 Å². The Labute approximate surface area is 114 Å². The van der Waals surface area contributed by atoms with E-state index in [1.165, 1.54) is 0 Å². The lowest BCUT2D eigenvalue weighted by atomic mass is 10.00. The normalized spacial score (nSPS) is 18.5. The Morgan fingerprint density at radius 2 is 2.32 bits per heavy atom. The van der Waals surface area contributed by atoms with E-state index in [1.807, 2.05) is 24.3 Å². The molecule has 0 aliphatic carbocycles. The summed E-state index contributed by atoms with van der Waals surface area (Å²) in [6.07, 6.45) is 1.98. The van der Waals surface area contributed by atoms with E-state index in [0.29, 0.717) is 13.2 Å². The quantitative estimate of drug-likeness (QED) is 0.825. The molecule has 1 heterocycles. The summed E-state index contributed by atoms with van der Waals surface area (Å²) in [7, 11) is 1.67. The molecule has 19 heavy (non-hydrogen) atoms. The van der Waals surface area contributed by atoms with Gasteiger partial charge in [0.2, 0.25) is 5.91 Å². The molecule has 0 aromatic heterocycles. The van der Waals surface area contributed by atoms with Crippen LogP contribution in [0.3, 0.4) is 0 Å². The Morgan fingerprint density at radius 1 is 1.53 bits per heavy atom. The number of fused-ring (bicyclic) bond motifs is 1. The number of rotatable bonds is 6. The number of carbonyl (C=O) groups excluding carboxylic acids is 1. The second-order valence-corrected chi connectivity index (χ2v) is 4.97. The molecule has 104 valence electrons. The third-order valence-electron chi connectivity index (χ3n) is 3.50. The second-order valence-electron chi connectivity index (χ2n) is 4.97. The van der Waals surface area contributed by atoms with E-state index in [-0.39, 0.29) is 17.9 Å². The van der Waals surface area contributed by atoms with Crippen molar-refractivity contribution >= 4 is 11.6 Å². The molecule has 0 saturated heterocycles. The Hall–Kier alpha value is -1.55. The minimum absolute atomic E-state index is 0.0904. The van der Waals surface area contributed by atoms with Crippen molar-refractivity contribution in [2.24, 2.45) is 0 Å². The number of ether oxygens (including phenoxy) is 1. The smallest absolute Gasteiger partial charge is 0.229 e. The average molecular weight is 262 g/mol. The minimum Gasteiger partial charge on any atom is -0.384 e. The zero-order valence-corrected chi connectivity index (χ0v) is 11.6. The van der Waals surface area contributed by atoms with Crippen LogP contribution >= 0.6 is 0 Å². The van der Waals surface area contributed by atoms with Crippen molar-refractivity contribution in [2.45, 2.75) is 31.7 Å².